The van der Waals surface area contributed by atoms with E-state index in [2.05, 4.69) is 0 Å². The van der Waals surface area contributed by atoms with Crippen molar-refractivity contribution >= 4 is 17.1 Å². The van der Waals surface area contributed by atoms with Crippen molar-refractivity contribution in [3.63, 3.8) is 0 Å². The van der Waals surface area contributed by atoms with Crippen LogP contribution in [0.4, 0.5) is 17.1 Å². The Morgan fingerprint density at radius 3 is 2.00 bits per heavy atom. The van der Waals surface area contributed by atoms with Crippen molar-refractivity contribution in [2.24, 2.45) is 0 Å². The first-order valence-electron chi connectivity index (χ1n) is 3.42. The van der Waals surface area contributed by atoms with E-state index in [1.165, 1.54) is 0 Å². The molecule has 15 heavy (non-hydrogen) atoms. The molecule has 0 aliphatic rings. The molecule has 1 aromatic carbocycles. The average Bonchev–Trinajstić information content (AvgIpc) is 2.16. The molecule has 0 saturated carbocycles. The molecule has 0 amide bonds. The van der Waals surface area contributed by atoms with E-state index in [-0.39, 0.29) is 0 Å². The van der Waals surface area contributed by atoms with Gasteiger partial charge in [-0.05, 0) is 0 Å². The van der Waals surface area contributed by atoms with Crippen molar-refractivity contribution in [1.82, 2.24) is 0 Å². The molecule has 0 N–H and O–H groups in total. The molecule has 0 unspecified atom stereocenters. The van der Waals surface area contributed by atoms with E-state index < -0.39 is 31.8 Å². The van der Waals surface area contributed by atoms with Gasteiger partial charge < -0.3 is 0 Å². The normalized spacial score (nSPS) is 9.60. The third-order valence-corrected chi connectivity index (χ3v) is 1.47. The van der Waals surface area contributed by atoms with Crippen LogP contribution in [-0.4, -0.2) is 14.8 Å². The van der Waals surface area contributed by atoms with Gasteiger partial charge in [0.25, 0.3) is 5.69 Å². The monoisotopic (exact) mass is 212 g/mol. The van der Waals surface area contributed by atoms with Crippen molar-refractivity contribution in [3.8, 4) is 0 Å². The van der Waals surface area contributed by atoms with Gasteiger partial charge in [-0.2, -0.15) is 0 Å². The van der Waals surface area contributed by atoms with Gasteiger partial charge in [-0.1, -0.05) is 0 Å². The first-order chi connectivity index (χ1) is 6.93. The minimum Gasteiger partial charge on any atom is -0.258 e. The fourth-order valence-electron chi connectivity index (χ4n) is 0.857. The second-order valence-electron chi connectivity index (χ2n) is 2.36. The second-order valence-corrected chi connectivity index (χ2v) is 2.36. The summed E-state index contributed by atoms with van der Waals surface area (Å²) in [4.78, 5) is 27.9. The van der Waals surface area contributed by atoms with Crippen LogP contribution in [0.1, 0.15) is 0 Å². The van der Waals surface area contributed by atoms with Crippen LogP contribution in [-0.2, 0) is 0 Å². The van der Waals surface area contributed by atoms with Crippen LogP contribution < -0.4 is 0 Å². The molecule has 0 heterocycles. The molecule has 1 aromatic rings. The standard InChI is InChI=1S/C6H2N3O6/c10-7(11)4-1-2-5(8(12)13)6(3-4)9(14)15/h1,3H. The molecule has 0 aliphatic carbocycles. The van der Waals surface area contributed by atoms with Crippen molar-refractivity contribution in [2.75, 3.05) is 0 Å². The maximum atomic E-state index is 10.4. The van der Waals surface area contributed by atoms with Gasteiger partial charge >= 0.3 is 11.4 Å². The lowest BCUT2D eigenvalue weighted by Gasteiger charge is -1.93. The second kappa shape index (κ2) is 3.65. The molecule has 0 saturated heterocycles. The summed E-state index contributed by atoms with van der Waals surface area (Å²) >= 11 is 0. The highest BCUT2D eigenvalue weighted by Crippen LogP contribution is 2.29. The van der Waals surface area contributed by atoms with Gasteiger partial charge in [0, 0.05) is 6.07 Å². The van der Waals surface area contributed by atoms with Crippen LogP contribution in [0.3, 0.4) is 0 Å². The predicted molar refractivity (Wildman–Crippen MR) is 45.2 cm³/mol. The zero-order chi connectivity index (χ0) is 11.6. The lowest BCUT2D eigenvalue weighted by Crippen LogP contribution is -1.98. The van der Waals surface area contributed by atoms with Crippen molar-refractivity contribution in [3.05, 3.63) is 48.5 Å². The number of non-ortho nitro benzene ring substituents is 1. The summed E-state index contributed by atoms with van der Waals surface area (Å²) in [6.07, 6.45) is 0. The van der Waals surface area contributed by atoms with Gasteiger partial charge in [0.05, 0.1) is 20.8 Å². The molecule has 9 heteroatoms. The third kappa shape index (κ3) is 2.02. The summed E-state index contributed by atoms with van der Waals surface area (Å²) in [5.41, 5.74) is -2.47. The van der Waals surface area contributed by atoms with Crippen LogP contribution in [0, 0.1) is 36.4 Å². The third-order valence-electron chi connectivity index (χ3n) is 1.47. The Kier molecular flexibility index (Phi) is 2.56. The van der Waals surface area contributed by atoms with E-state index >= 15 is 0 Å². The SMILES string of the molecule is O=[N+]([O-])c1c[c]c([N+](=O)[O-])c([N+](=O)[O-])c1. The highest BCUT2D eigenvalue weighted by Gasteiger charge is 2.27. The lowest BCUT2D eigenvalue weighted by atomic mass is 10.2. The number of nitrogens with zero attached hydrogens (tertiary/aromatic N) is 3. The number of nitro benzene ring substituents is 3. The maximum absolute atomic E-state index is 10.4. The summed E-state index contributed by atoms with van der Waals surface area (Å²) in [7, 11) is 0. The largest absolute Gasteiger partial charge is 0.354 e. The summed E-state index contributed by atoms with van der Waals surface area (Å²) in [5.74, 6) is 0. The van der Waals surface area contributed by atoms with Gasteiger partial charge in [0.1, 0.15) is 6.07 Å². The molecular weight excluding hydrogens is 210 g/mol. The van der Waals surface area contributed by atoms with Gasteiger partial charge in [-0.15, -0.1) is 0 Å². The maximum Gasteiger partial charge on any atom is 0.354 e. The molecular formula is C6H2N3O6. The zero-order valence-corrected chi connectivity index (χ0v) is 6.95. The minimum absolute atomic E-state index is 0.522. The lowest BCUT2D eigenvalue weighted by molar-refractivity contribution is -0.424. The number of benzene rings is 1. The summed E-state index contributed by atoms with van der Waals surface area (Å²) < 4.78 is 0. The fourth-order valence-corrected chi connectivity index (χ4v) is 0.857. The number of nitro groups is 3. The molecule has 0 bridgehead atoms. The van der Waals surface area contributed by atoms with Crippen LogP contribution in [0.25, 0.3) is 0 Å². The van der Waals surface area contributed by atoms with E-state index in [0.29, 0.717) is 12.1 Å². The Balaban J connectivity index is 3.40. The number of hydrogen-bond acceptors (Lipinski definition) is 6. The molecule has 9 nitrogen and oxygen atoms in total. The molecule has 0 fully saturated rings. The smallest absolute Gasteiger partial charge is 0.258 e. The van der Waals surface area contributed by atoms with Gasteiger partial charge in [-0.3, -0.25) is 30.3 Å². The quantitative estimate of drug-likeness (QED) is 0.546. The Bertz CT molecular complexity index is 456. The number of rotatable bonds is 3. The topological polar surface area (TPSA) is 129 Å². The first kappa shape index (κ1) is 10.5. The minimum atomic E-state index is -1.07. The van der Waals surface area contributed by atoms with E-state index in [0.717, 1.165) is 0 Å². The number of hydrogen-bond donors (Lipinski definition) is 0. The van der Waals surface area contributed by atoms with Crippen LogP contribution in [0.5, 0.6) is 0 Å². The molecule has 0 atom stereocenters. The Morgan fingerprint density at radius 2 is 1.60 bits per heavy atom. The molecule has 0 aliphatic heterocycles. The van der Waals surface area contributed by atoms with E-state index in [1.54, 1.807) is 0 Å². The van der Waals surface area contributed by atoms with Gasteiger partial charge in [0.2, 0.25) is 0 Å². The van der Waals surface area contributed by atoms with Crippen LogP contribution in [0.15, 0.2) is 12.1 Å². The zero-order valence-electron chi connectivity index (χ0n) is 6.95. The summed E-state index contributed by atoms with van der Waals surface area (Å²) in [6.45, 7) is 0. The Morgan fingerprint density at radius 1 is 1.00 bits per heavy atom. The van der Waals surface area contributed by atoms with Crippen molar-refractivity contribution < 1.29 is 14.8 Å². The van der Waals surface area contributed by atoms with Gasteiger partial charge in [-0.25, -0.2) is 0 Å². The predicted octanol–water partition coefficient (Wildman–Crippen LogP) is 1.21. The van der Waals surface area contributed by atoms with Crippen molar-refractivity contribution in [2.45, 2.75) is 0 Å². The highest BCUT2D eigenvalue weighted by molar-refractivity contribution is 5.57. The van der Waals surface area contributed by atoms with E-state index in [1.807, 2.05) is 6.07 Å². The fraction of sp³-hybridized carbons (Fsp3) is 0. The molecule has 0 spiro atoms. The molecule has 1 radical (unpaired) electrons. The van der Waals surface area contributed by atoms with Crippen LogP contribution in [0.2, 0.25) is 0 Å². The summed E-state index contributed by atoms with van der Waals surface area (Å²) in [6, 6.07) is 3.12. The van der Waals surface area contributed by atoms with Crippen molar-refractivity contribution in [1.29, 1.82) is 0 Å². The Hall–Kier alpha value is -2.58. The summed E-state index contributed by atoms with van der Waals surface area (Å²) in [5, 5.41) is 30.9. The van der Waals surface area contributed by atoms with Gasteiger partial charge in [0.15, 0.2) is 0 Å². The highest BCUT2D eigenvalue weighted by atomic mass is 16.6. The average molecular weight is 212 g/mol. The van der Waals surface area contributed by atoms with E-state index in [9.17, 15) is 30.3 Å². The van der Waals surface area contributed by atoms with E-state index in [4.69, 9.17) is 0 Å². The molecule has 1 rings (SSSR count). The molecule has 77 valence electrons. The first-order valence-corrected chi connectivity index (χ1v) is 3.42. The molecule has 0 aromatic heterocycles. The Labute approximate surface area is 81.4 Å². The van der Waals surface area contributed by atoms with Crippen LogP contribution >= 0.6 is 0 Å².